The van der Waals surface area contributed by atoms with Crippen LogP contribution in [0.15, 0.2) is 30.5 Å². The third-order valence-electron chi connectivity index (χ3n) is 10.1. The van der Waals surface area contributed by atoms with Crippen molar-refractivity contribution in [1.82, 2.24) is 19.9 Å². The number of likely N-dealkylation sites (tertiary alicyclic amines) is 1. The van der Waals surface area contributed by atoms with E-state index in [1.54, 1.807) is 32.2 Å². The van der Waals surface area contributed by atoms with Crippen molar-refractivity contribution >= 4 is 49.0 Å². The van der Waals surface area contributed by atoms with Crippen molar-refractivity contribution in [3.8, 4) is 29.0 Å². The number of pyridine rings is 1. The zero-order valence-electron chi connectivity index (χ0n) is 28.8. The highest BCUT2D eigenvalue weighted by atomic mass is 32.1. The maximum absolute atomic E-state index is 17.3. The molecule has 0 spiro atoms. The molecule has 1 aliphatic heterocycles. The molecule has 2 aliphatic rings. The molecule has 3 aromatic heterocycles. The second-order valence-electron chi connectivity index (χ2n) is 13.5. The number of nitrogens with zero attached hydrogens (tertiary/aromatic N) is 5. The van der Waals surface area contributed by atoms with E-state index >= 15 is 22.0 Å². The van der Waals surface area contributed by atoms with Crippen LogP contribution in [0.4, 0.5) is 38.6 Å². The maximum atomic E-state index is 17.3. The maximum Gasteiger partial charge on any atom is 0.420 e. The first-order valence-corrected chi connectivity index (χ1v) is 17.7. The molecule has 1 saturated carbocycles. The number of nitrogen functional groups attached to an aromatic ring is 2. The second-order valence-corrected chi connectivity index (χ2v) is 14.5. The third kappa shape index (κ3) is 6.48. The molecule has 11 nitrogen and oxygen atoms in total. The van der Waals surface area contributed by atoms with Crippen LogP contribution in [0.1, 0.15) is 55.3 Å². The number of anilines is 3. The van der Waals surface area contributed by atoms with Crippen molar-refractivity contribution < 1.29 is 36.5 Å². The molecular weight excluding hydrogens is 720 g/mol. The van der Waals surface area contributed by atoms with Gasteiger partial charge in [-0.1, -0.05) is 25.0 Å². The fraction of sp³-hybridized carbons (Fsp3) is 0.389. The molecule has 278 valence electrons. The lowest BCUT2D eigenvalue weighted by Gasteiger charge is -2.30. The Kier molecular flexibility index (Phi) is 9.41. The van der Waals surface area contributed by atoms with Crippen LogP contribution in [-0.2, 0) is 10.9 Å². The number of hydrogen-bond acceptors (Lipinski definition) is 12. The lowest BCUT2D eigenvalue weighted by atomic mass is 9.91. The Morgan fingerprint density at radius 1 is 1.15 bits per heavy atom. The summed E-state index contributed by atoms with van der Waals surface area (Å²) in [5.41, 5.74) is 8.27. The minimum atomic E-state index is -5.37. The Labute approximate surface area is 304 Å². The number of thiophene rings is 1. The SMILES string of the molecule is CO[C@H]1CCN(C)[C@@H]1[C@H](C)Oc1nc(N[C@H](CC2CC2)c2cccnc2N)c2c(O)c(C(F)(F)F)c(-c3ccc(F)c4sc(N)c(C#N)c34)c(F)c2n1. The van der Waals surface area contributed by atoms with Crippen molar-refractivity contribution in [3.63, 3.8) is 0 Å². The number of benzene rings is 2. The molecule has 0 bridgehead atoms. The Bertz CT molecular complexity index is 2280. The van der Waals surface area contributed by atoms with Gasteiger partial charge in [0.2, 0.25) is 0 Å². The number of phenols is 1. The summed E-state index contributed by atoms with van der Waals surface area (Å²) < 4.78 is 89.4. The first kappa shape index (κ1) is 36.3. The Balaban J connectivity index is 1.51. The van der Waals surface area contributed by atoms with Gasteiger partial charge in [-0.3, -0.25) is 4.90 Å². The molecule has 7 rings (SSSR count). The van der Waals surface area contributed by atoms with E-state index in [0.29, 0.717) is 36.3 Å². The largest absolute Gasteiger partial charge is 0.506 e. The normalized spacial score (nSPS) is 19.1. The molecule has 6 N–H and O–H groups in total. The van der Waals surface area contributed by atoms with Crippen molar-refractivity contribution in [3.05, 3.63) is 58.8 Å². The van der Waals surface area contributed by atoms with Gasteiger partial charge in [0.25, 0.3) is 0 Å². The quantitative estimate of drug-likeness (QED) is 0.105. The molecule has 2 aromatic carbocycles. The molecule has 5 aromatic rings. The summed E-state index contributed by atoms with van der Waals surface area (Å²) in [5, 5.41) is 23.5. The molecule has 53 heavy (non-hydrogen) atoms. The predicted octanol–water partition coefficient (Wildman–Crippen LogP) is 7.38. The van der Waals surface area contributed by atoms with E-state index in [0.717, 1.165) is 25.0 Å². The zero-order valence-corrected chi connectivity index (χ0v) is 29.6. The fourth-order valence-electron chi connectivity index (χ4n) is 7.42. The average Bonchev–Trinajstić information content (AvgIpc) is 3.74. The number of rotatable bonds is 10. The number of methoxy groups -OCH3 is 1. The summed E-state index contributed by atoms with van der Waals surface area (Å²) in [6.07, 6.45) is -1.73. The van der Waals surface area contributed by atoms with Crippen LogP contribution in [0.25, 0.3) is 32.1 Å². The zero-order chi connectivity index (χ0) is 37.9. The Morgan fingerprint density at radius 2 is 1.91 bits per heavy atom. The van der Waals surface area contributed by atoms with Crippen molar-refractivity contribution in [2.24, 2.45) is 5.92 Å². The molecular formula is C36H35F5N8O3S. The second kappa shape index (κ2) is 13.7. The van der Waals surface area contributed by atoms with Crippen molar-refractivity contribution in [2.75, 3.05) is 37.5 Å². The number of aromatic nitrogens is 3. The highest BCUT2D eigenvalue weighted by Gasteiger charge is 2.43. The molecule has 4 heterocycles. The summed E-state index contributed by atoms with van der Waals surface area (Å²) >= 11 is 0.636. The number of ether oxygens (including phenoxy) is 2. The topological polar surface area (TPSA) is 168 Å². The van der Waals surface area contributed by atoms with E-state index in [9.17, 15) is 10.4 Å². The van der Waals surface area contributed by atoms with Gasteiger partial charge in [0.05, 0.1) is 33.8 Å². The summed E-state index contributed by atoms with van der Waals surface area (Å²) in [5.74, 6) is -3.69. The van der Waals surface area contributed by atoms with E-state index in [1.807, 2.05) is 11.9 Å². The number of nitrogens with one attached hydrogen (secondary N) is 1. The highest BCUT2D eigenvalue weighted by Crippen LogP contribution is 2.52. The van der Waals surface area contributed by atoms with Gasteiger partial charge in [-0.05, 0) is 50.4 Å². The number of hydrogen-bond donors (Lipinski definition) is 4. The highest BCUT2D eigenvalue weighted by molar-refractivity contribution is 7.23. The molecule has 0 unspecified atom stereocenters. The lowest BCUT2D eigenvalue weighted by molar-refractivity contribution is -0.138. The van der Waals surface area contributed by atoms with Gasteiger partial charge in [-0.2, -0.15) is 28.4 Å². The van der Waals surface area contributed by atoms with Crippen molar-refractivity contribution in [1.29, 1.82) is 5.26 Å². The van der Waals surface area contributed by atoms with Crippen LogP contribution in [-0.4, -0.2) is 63.9 Å². The standard InChI is InChI=1S/C36H35F5N8O3S/c1-15(29-22(51-3)10-12-49(29)2)52-35-47-28-25(34(48-35)46-21(13-16-6-7-16)17-5-4-11-45-32(17)43)30(50)26(36(39,40)41)24(27(28)38)18-8-9-20(37)31-23(18)19(14-42)33(44)53-31/h4-5,8-9,11,15-16,21-22,29,50H,6-7,10,12-13,44H2,1-3H3,(H2,43,45)(H,46,47,48)/t15-,21+,22-,29+/m0/s1. The molecule has 0 amide bonds. The van der Waals surface area contributed by atoms with Crippen LogP contribution < -0.4 is 21.5 Å². The number of halogens is 5. The summed E-state index contributed by atoms with van der Waals surface area (Å²) in [6.45, 7) is 2.45. The summed E-state index contributed by atoms with van der Waals surface area (Å²) in [4.78, 5) is 14.9. The molecule has 1 saturated heterocycles. The van der Waals surface area contributed by atoms with Gasteiger partial charge in [0.1, 0.15) is 51.5 Å². The molecule has 17 heteroatoms. The van der Waals surface area contributed by atoms with Gasteiger partial charge in [0, 0.05) is 36.4 Å². The van der Waals surface area contributed by atoms with Gasteiger partial charge < -0.3 is 31.4 Å². The molecule has 0 radical (unpaired) electrons. The van der Waals surface area contributed by atoms with Crippen LogP contribution in [0.2, 0.25) is 0 Å². The van der Waals surface area contributed by atoms with Crippen LogP contribution in [0.3, 0.4) is 0 Å². The van der Waals surface area contributed by atoms with Gasteiger partial charge in [-0.25, -0.2) is 13.8 Å². The van der Waals surface area contributed by atoms with E-state index < -0.39 is 69.3 Å². The fourth-order valence-corrected chi connectivity index (χ4v) is 8.37. The first-order chi connectivity index (χ1) is 25.2. The van der Waals surface area contributed by atoms with E-state index in [-0.39, 0.29) is 50.4 Å². The van der Waals surface area contributed by atoms with Crippen LogP contribution >= 0.6 is 11.3 Å². The minimum Gasteiger partial charge on any atom is -0.506 e. The Morgan fingerprint density at radius 3 is 2.57 bits per heavy atom. The number of likely N-dealkylation sites (N-methyl/N-ethyl adjacent to an activating group) is 1. The van der Waals surface area contributed by atoms with Crippen LogP contribution in [0.5, 0.6) is 11.8 Å². The number of nitriles is 1. The van der Waals surface area contributed by atoms with Crippen molar-refractivity contribution in [2.45, 2.75) is 63.1 Å². The van der Waals surface area contributed by atoms with Gasteiger partial charge in [-0.15, -0.1) is 11.3 Å². The van der Waals surface area contributed by atoms with Gasteiger partial charge in [0.15, 0.2) is 5.82 Å². The van der Waals surface area contributed by atoms with Crippen LogP contribution in [0, 0.1) is 28.9 Å². The lowest BCUT2D eigenvalue weighted by Crippen LogP contribution is -2.45. The Hall–Kier alpha value is -5.05. The molecule has 2 fully saturated rings. The number of fused-ring (bicyclic) bond motifs is 2. The molecule has 4 atom stereocenters. The van der Waals surface area contributed by atoms with Gasteiger partial charge >= 0.3 is 12.2 Å². The number of aromatic hydroxyl groups is 1. The number of nitrogens with two attached hydrogens (primary N) is 2. The first-order valence-electron chi connectivity index (χ1n) is 16.8. The summed E-state index contributed by atoms with van der Waals surface area (Å²) in [7, 11) is 3.46. The predicted molar refractivity (Wildman–Crippen MR) is 190 cm³/mol. The minimum absolute atomic E-state index is 0.168. The molecule has 1 aliphatic carbocycles. The average molecular weight is 755 g/mol. The smallest absolute Gasteiger partial charge is 0.420 e. The number of phenolic OH excluding ortho intramolecular Hbond substituents is 1. The van der Waals surface area contributed by atoms with E-state index in [1.165, 1.54) is 6.20 Å². The summed E-state index contributed by atoms with van der Waals surface area (Å²) in [6, 6.07) is 5.59. The monoisotopic (exact) mass is 754 g/mol. The van der Waals surface area contributed by atoms with E-state index in [4.69, 9.17) is 20.9 Å². The number of alkyl halides is 3. The third-order valence-corrected chi connectivity index (χ3v) is 11.1. The van der Waals surface area contributed by atoms with E-state index in [2.05, 4.69) is 20.3 Å².